The lowest BCUT2D eigenvalue weighted by molar-refractivity contribution is 0.00614. The van der Waals surface area contributed by atoms with Crippen molar-refractivity contribution in [3.05, 3.63) is 34.9 Å². The summed E-state index contributed by atoms with van der Waals surface area (Å²) >= 11 is 3.68. The van der Waals surface area contributed by atoms with Crippen LogP contribution >= 0.6 is 15.9 Å². The van der Waals surface area contributed by atoms with Gasteiger partial charge >= 0.3 is 0 Å². The molecule has 0 amide bonds. The van der Waals surface area contributed by atoms with Crippen LogP contribution in [0.2, 0.25) is 0 Å². The summed E-state index contributed by atoms with van der Waals surface area (Å²) in [5, 5.41) is 1.03. The Kier molecular flexibility index (Phi) is 4.26. The number of hydrogen-bond donors (Lipinski definition) is 0. The fourth-order valence-corrected chi connectivity index (χ4v) is 3.45. The van der Waals surface area contributed by atoms with Crippen molar-refractivity contribution < 1.29 is 4.74 Å². The van der Waals surface area contributed by atoms with Crippen molar-refractivity contribution >= 4 is 15.9 Å². The number of hydrogen-bond acceptors (Lipinski definition) is 1. The molecule has 0 bridgehead atoms. The average Bonchev–Trinajstić information content (AvgIpc) is 2.29. The SMILES string of the molecule is Cc1cc(C)cc(CC2(CBr)CCCOC2)c1. The van der Waals surface area contributed by atoms with Crippen LogP contribution in [0.1, 0.15) is 29.5 Å². The van der Waals surface area contributed by atoms with Crippen molar-refractivity contribution in [3.63, 3.8) is 0 Å². The number of halogens is 1. The van der Waals surface area contributed by atoms with Crippen molar-refractivity contribution in [2.75, 3.05) is 18.5 Å². The zero-order valence-corrected chi connectivity index (χ0v) is 12.3. The molecule has 0 aliphatic carbocycles. The molecule has 2 rings (SSSR count). The smallest absolute Gasteiger partial charge is 0.0533 e. The lowest BCUT2D eigenvalue weighted by atomic mass is 9.79. The number of rotatable bonds is 3. The predicted molar refractivity (Wildman–Crippen MR) is 75.9 cm³/mol. The van der Waals surface area contributed by atoms with Gasteiger partial charge in [-0.15, -0.1) is 0 Å². The summed E-state index contributed by atoms with van der Waals surface area (Å²) < 4.78 is 5.68. The lowest BCUT2D eigenvalue weighted by Gasteiger charge is -2.35. The minimum absolute atomic E-state index is 0.304. The minimum atomic E-state index is 0.304. The van der Waals surface area contributed by atoms with Gasteiger partial charge in [-0.3, -0.25) is 0 Å². The average molecular weight is 297 g/mol. The molecule has 17 heavy (non-hydrogen) atoms. The Balaban J connectivity index is 2.17. The van der Waals surface area contributed by atoms with Gasteiger partial charge in [0, 0.05) is 17.4 Å². The topological polar surface area (TPSA) is 9.23 Å². The Morgan fingerprint density at radius 1 is 1.24 bits per heavy atom. The Labute approximate surface area is 113 Å². The molecule has 1 aromatic rings. The molecule has 1 aliphatic rings. The third kappa shape index (κ3) is 3.32. The second-order valence-electron chi connectivity index (χ2n) is 5.46. The number of aryl methyl sites for hydroxylation is 2. The third-order valence-electron chi connectivity index (χ3n) is 3.55. The Morgan fingerprint density at radius 2 is 1.94 bits per heavy atom. The van der Waals surface area contributed by atoms with Gasteiger partial charge in [0.15, 0.2) is 0 Å². The van der Waals surface area contributed by atoms with Crippen molar-refractivity contribution in [1.82, 2.24) is 0 Å². The molecule has 1 unspecified atom stereocenters. The van der Waals surface area contributed by atoms with Crippen molar-refractivity contribution in [1.29, 1.82) is 0 Å². The first-order valence-corrected chi connectivity index (χ1v) is 7.47. The van der Waals surface area contributed by atoms with Crippen LogP contribution in [0.5, 0.6) is 0 Å². The van der Waals surface area contributed by atoms with E-state index in [0.29, 0.717) is 5.41 Å². The first kappa shape index (κ1) is 13.1. The van der Waals surface area contributed by atoms with Crippen molar-refractivity contribution in [3.8, 4) is 0 Å². The van der Waals surface area contributed by atoms with Crippen LogP contribution in [0.4, 0.5) is 0 Å². The maximum Gasteiger partial charge on any atom is 0.0533 e. The van der Waals surface area contributed by atoms with E-state index in [1.165, 1.54) is 29.5 Å². The number of ether oxygens (including phenoxy) is 1. The highest BCUT2D eigenvalue weighted by Crippen LogP contribution is 2.34. The normalized spacial score (nSPS) is 24.9. The van der Waals surface area contributed by atoms with Gasteiger partial charge < -0.3 is 4.74 Å². The van der Waals surface area contributed by atoms with E-state index in [0.717, 1.165) is 25.0 Å². The maximum absolute atomic E-state index is 5.68. The van der Waals surface area contributed by atoms with E-state index in [2.05, 4.69) is 48.0 Å². The Bertz CT molecular complexity index is 360. The highest BCUT2D eigenvalue weighted by molar-refractivity contribution is 9.09. The molecule has 1 aliphatic heterocycles. The molecule has 1 aromatic carbocycles. The summed E-state index contributed by atoms with van der Waals surface area (Å²) in [5.41, 5.74) is 4.48. The van der Waals surface area contributed by atoms with Gasteiger partial charge in [-0.25, -0.2) is 0 Å². The third-order valence-corrected chi connectivity index (χ3v) is 4.74. The van der Waals surface area contributed by atoms with Crippen molar-refractivity contribution in [2.24, 2.45) is 5.41 Å². The summed E-state index contributed by atoms with van der Waals surface area (Å²) in [4.78, 5) is 0. The molecule has 0 N–H and O–H groups in total. The van der Waals surface area contributed by atoms with Crippen LogP contribution in [0.15, 0.2) is 18.2 Å². The molecule has 1 saturated heterocycles. The fourth-order valence-electron chi connectivity index (χ4n) is 2.81. The van der Waals surface area contributed by atoms with E-state index >= 15 is 0 Å². The van der Waals surface area contributed by atoms with Crippen LogP contribution in [0.3, 0.4) is 0 Å². The highest BCUT2D eigenvalue weighted by Gasteiger charge is 2.32. The molecule has 1 heterocycles. The van der Waals surface area contributed by atoms with Crippen LogP contribution < -0.4 is 0 Å². The van der Waals surface area contributed by atoms with E-state index in [4.69, 9.17) is 4.74 Å². The second-order valence-corrected chi connectivity index (χ2v) is 6.02. The summed E-state index contributed by atoms with van der Waals surface area (Å²) in [6.07, 6.45) is 3.59. The molecule has 1 nitrogen and oxygen atoms in total. The van der Waals surface area contributed by atoms with Gasteiger partial charge in [-0.05, 0) is 38.7 Å². The highest BCUT2D eigenvalue weighted by atomic mass is 79.9. The zero-order chi connectivity index (χ0) is 12.3. The molecule has 0 spiro atoms. The molecule has 0 aromatic heterocycles. The van der Waals surface area contributed by atoms with Crippen molar-refractivity contribution in [2.45, 2.75) is 33.1 Å². The monoisotopic (exact) mass is 296 g/mol. The maximum atomic E-state index is 5.68. The van der Waals surface area contributed by atoms with E-state index in [-0.39, 0.29) is 0 Å². The van der Waals surface area contributed by atoms with Crippen LogP contribution in [0.25, 0.3) is 0 Å². The van der Waals surface area contributed by atoms with Crippen LogP contribution in [-0.2, 0) is 11.2 Å². The van der Waals surface area contributed by atoms with Crippen LogP contribution in [0, 0.1) is 19.3 Å². The molecule has 94 valence electrons. The molecule has 1 fully saturated rings. The van der Waals surface area contributed by atoms with E-state index < -0.39 is 0 Å². The molecule has 1 atom stereocenters. The Morgan fingerprint density at radius 3 is 2.47 bits per heavy atom. The quantitative estimate of drug-likeness (QED) is 0.765. The van der Waals surface area contributed by atoms with Gasteiger partial charge in [0.25, 0.3) is 0 Å². The molecular weight excluding hydrogens is 276 g/mol. The van der Waals surface area contributed by atoms with E-state index in [1.54, 1.807) is 0 Å². The number of benzene rings is 1. The van der Waals surface area contributed by atoms with Gasteiger partial charge in [0.05, 0.1) is 6.61 Å². The Hall–Kier alpha value is -0.340. The summed E-state index contributed by atoms with van der Waals surface area (Å²) in [7, 11) is 0. The van der Waals surface area contributed by atoms with E-state index in [9.17, 15) is 0 Å². The first-order chi connectivity index (χ1) is 8.13. The standard InChI is InChI=1S/C15H21BrO/c1-12-6-13(2)8-14(7-12)9-15(10-16)4-3-5-17-11-15/h6-8H,3-5,9-11H2,1-2H3. The fraction of sp³-hybridized carbons (Fsp3) is 0.600. The largest absolute Gasteiger partial charge is 0.381 e. The summed E-state index contributed by atoms with van der Waals surface area (Å²) in [6.45, 7) is 6.18. The van der Waals surface area contributed by atoms with Gasteiger partial charge in [-0.2, -0.15) is 0 Å². The molecule has 0 radical (unpaired) electrons. The summed E-state index contributed by atoms with van der Waals surface area (Å²) in [6, 6.07) is 6.86. The van der Waals surface area contributed by atoms with Gasteiger partial charge in [0.1, 0.15) is 0 Å². The van der Waals surface area contributed by atoms with Gasteiger partial charge in [-0.1, -0.05) is 45.3 Å². The summed E-state index contributed by atoms with van der Waals surface area (Å²) in [5.74, 6) is 0. The van der Waals surface area contributed by atoms with Crippen LogP contribution in [-0.4, -0.2) is 18.5 Å². The minimum Gasteiger partial charge on any atom is -0.381 e. The van der Waals surface area contributed by atoms with Gasteiger partial charge in [0.2, 0.25) is 0 Å². The van der Waals surface area contributed by atoms with E-state index in [1.807, 2.05) is 0 Å². The molecule has 2 heteroatoms. The second kappa shape index (κ2) is 5.53. The molecule has 0 saturated carbocycles. The zero-order valence-electron chi connectivity index (χ0n) is 10.8. The molecular formula is C15H21BrO. The predicted octanol–water partition coefficient (Wildman–Crippen LogP) is 4.04. The number of alkyl halides is 1. The lowest BCUT2D eigenvalue weighted by Crippen LogP contribution is -2.35. The first-order valence-electron chi connectivity index (χ1n) is 6.34.